The predicted octanol–water partition coefficient (Wildman–Crippen LogP) is 17.0. The Labute approximate surface area is 361 Å². The third-order valence-electron chi connectivity index (χ3n) is 12.5. The Morgan fingerprint density at radius 2 is 0.629 bits per heavy atom. The van der Waals surface area contributed by atoms with Gasteiger partial charge in [0.15, 0.2) is 0 Å². The van der Waals surface area contributed by atoms with Gasteiger partial charge in [0, 0.05) is 33.4 Å². The molecule has 0 N–H and O–H groups in total. The Morgan fingerprint density at radius 1 is 0.242 bits per heavy atom. The number of rotatable bonds is 6. The number of anilines is 3. The summed E-state index contributed by atoms with van der Waals surface area (Å²) in [6, 6.07) is 85.5. The minimum Gasteiger partial charge on any atom is -0.455 e. The third-order valence-corrected chi connectivity index (χ3v) is 12.5. The van der Waals surface area contributed by atoms with Crippen LogP contribution in [0, 0.1) is 0 Å². The maximum atomic E-state index is 6.47. The van der Waals surface area contributed by atoms with E-state index >= 15 is 0 Å². The van der Waals surface area contributed by atoms with E-state index in [1.165, 1.54) is 66.8 Å². The Bertz CT molecular complexity index is 3430. The van der Waals surface area contributed by atoms with E-state index in [2.05, 4.69) is 229 Å². The van der Waals surface area contributed by atoms with Crippen LogP contribution in [0.25, 0.3) is 99.8 Å². The van der Waals surface area contributed by atoms with Gasteiger partial charge in [-0.3, -0.25) is 0 Å². The molecule has 0 atom stereocenters. The lowest BCUT2D eigenvalue weighted by molar-refractivity contribution is 0.670. The number of furan rings is 1. The smallest absolute Gasteiger partial charge is 0.143 e. The van der Waals surface area contributed by atoms with E-state index in [1.54, 1.807) is 0 Å². The molecule has 0 saturated heterocycles. The minimum absolute atomic E-state index is 0.903. The number of nitrogens with zero attached hydrogens (tertiary/aromatic N) is 1. The molecule has 62 heavy (non-hydrogen) atoms. The van der Waals surface area contributed by atoms with Gasteiger partial charge in [-0.25, -0.2) is 0 Å². The normalized spacial score (nSPS) is 11.5. The summed E-state index contributed by atoms with van der Waals surface area (Å²) in [7, 11) is 0. The summed E-state index contributed by atoms with van der Waals surface area (Å²) < 4.78 is 6.47. The molecular formula is C60H39NO. The SMILES string of the molecule is c1ccc(-c2ccc(-c3ccc(N(c4ccc(-c5cccc6c5oc5ccccc56)cc4)c4ccc5c(c4)-c4ccccc4-c4ccccc4-c4ccccc4-5)cc3)cc2)cc1. The molecule has 0 saturated carbocycles. The zero-order valence-electron chi connectivity index (χ0n) is 33.9. The van der Waals surface area contributed by atoms with Crippen LogP contribution in [0.3, 0.4) is 0 Å². The second-order valence-corrected chi connectivity index (χ2v) is 16.0. The van der Waals surface area contributed by atoms with Crippen LogP contribution >= 0.6 is 0 Å². The average Bonchev–Trinajstić information content (AvgIpc) is 3.74. The molecule has 2 nitrogen and oxygen atoms in total. The monoisotopic (exact) mass is 789 g/mol. The quantitative estimate of drug-likeness (QED) is 0.167. The van der Waals surface area contributed by atoms with E-state index in [1.807, 2.05) is 12.1 Å². The standard InChI is InChI=1S/C60H39NO/c1-2-13-40(14-3-1)41-25-27-42(28-26-41)43-29-33-45(34-30-43)61(46-35-31-44(32-36-46)48-22-12-23-57-56-21-10-11-24-59(56)62-60(48)57)47-37-38-55-53-19-7-6-17-51(53)49-15-4-5-16-50(49)52-18-8-9-20-54(52)58(55)39-47/h1-39H. The Morgan fingerprint density at radius 3 is 1.19 bits per heavy atom. The van der Waals surface area contributed by atoms with Crippen molar-refractivity contribution in [3.63, 3.8) is 0 Å². The molecule has 290 valence electrons. The molecule has 0 aliphatic heterocycles. The molecule has 2 heteroatoms. The molecule has 0 amide bonds. The van der Waals surface area contributed by atoms with Crippen molar-refractivity contribution in [2.24, 2.45) is 0 Å². The predicted molar refractivity (Wildman–Crippen MR) is 260 cm³/mol. The second-order valence-electron chi connectivity index (χ2n) is 16.0. The highest BCUT2D eigenvalue weighted by atomic mass is 16.3. The lowest BCUT2D eigenvalue weighted by Gasteiger charge is -2.28. The Kier molecular flexibility index (Phi) is 8.53. The van der Waals surface area contributed by atoms with Gasteiger partial charge in [0.1, 0.15) is 11.2 Å². The summed E-state index contributed by atoms with van der Waals surface area (Å²) in [5.74, 6) is 0. The van der Waals surface area contributed by atoms with Crippen LogP contribution in [0.5, 0.6) is 0 Å². The number of hydrogen-bond donors (Lipinski definition) is 0. The Hall–Kier alpha value is -8.20. The summed E-state index contributed by atoms with van der Waals surface area (Å²) in [5, 5.41) is 2.26. The van der Waals surface area contributed by atoms with Crippen LogP contribution in [0.1, 0.15) is 0 Å². The van der Waals surface area contributed by atoms with E-state index in [0.29, 0.717) is 0 Å². The zero-order valence-corrected chi connectivity index (χ0v) is 33.9. The first-order chi connectivity index (χ1) is 30.7. The number of hydrogen-bond acceptors (Lipinski definition) is 2. The van der Waals surface area contributed by atoms with Crippen LogP contribution in [0.2, 0.25) is 0 Å². The molecule has 1 heterocycles. The number of fused-ring (bicyclic) bond motifs is 11. The van der Waals surface area contributed by atoms with Gasteiger partial charge in [-0.2, -0.15) is 0 Å². The number of benzene rings is 10. The van der Waals surface area contributed by atoms with Crippen LogP contribution < -0.4 is 4.90 Å². The average molecular weight is 790 g/mol. The van der Waals surface area contributed by atoms with Gasteiger partial charge in [0.05, 0.1) is 0 Å². The Balaban J connectivity index is 0.999. The zero-order chi connectivity index (χ0) is 41.0. The maximum absolute atomic E-state index is 6.47. The van der Waals surface area contributed by atoms with Gasteiger partial charge < -0.3 is 9.32 Å². The van der Waals surface area contributed by atoms with Gasteiger partial charge in [-0.1, -0.05) is 194 Å². The van der Waals surface area contributed by atoms with Crippen molar-refractivity contribution in [1.82, 2.24) is 0 Å². The fourth-order valence-corrected chi connectivity index (χ4v) is 9.49. The molecule has 0 spiro atoms. The van der Waals surface area contributed by atoms with Crippen molar-refractivity contribution in [3.8, 4) is 77.9 Å². The van der Waals surface area contributed by atoms with Gasteiger partial charge in [-0.05, 0) is 115 Å². The lowest BCUT2D eigenvalue weighted by atomic mass is 9.81. The fraction of sp³-hybridized carbons (Fsp3) is 0. The lowest BCUT2D eigenvalue weighted by Crippen LogP contribution is -2.10. The maximum Gasteiger partial charge on any atom is 0.143 e. The first-order valence-corrected chi connectivity index (χ1v) is 21.2. The molecule has 0 radical (unpaired) electrons. The molecule has 0 bridgehead atoms. The van der Waals surface area contributed by atoms with Crippen molar-refractivity contribution < 1.29 is 4.42 Å². The highest BCUT2D eigenvalue weighted by Crippen LogP contribution is 2.50. The van der Waals surface area contributed by atoms with E-state index in [4.69, 9.17) is 4.42 Å². The second kappa shape index (κ2) is 14.8. The van der Waals surface area contributed by atoms with Crippen molar-refractivity contribution in [2.45, 2.75) is 0 Å². The molecule has 0 fully saturated rings. The molecule has 10 aromatic carbocycles. The first kappa shape index (κ1) is 35.7. The van der Waals surface area contributed by atoms with Gasteiger partial charge in [-0.15, -0.1) is 0 Å². The summed E-state index contributed by atoms with van der Waals surface area (Å²) in [6.07, 6.45) is 0. The van der Waals surface area contributed by atoms with Crippen LogP contribution in [-0.2, 0) is 0 Å². The largest absolute Gasteiger partial charge is 0.455 e. The van der Waals surface area contributed by atoms with E-state index < -0.39 is 0 Å². The molecular weight excluding hydrogens is 751 g/mol. The summed E-state index contributed by atoms with van der Waals surface area (Å²) in [4.78, 5) is 2.38. The van der Waals surface area contributed by atoms with Gasteiger partial charge in [0.25, 0.3) is 0 Å². The highest BCUT2D eigenvalue weighted by Gasteiger charge is 2.24. The van der Waals surface area contributed by atoms with E-state index in [-0.39, 0.29) is 0 Å². The van der Waals surface area contributed by atoms with E-state index in [0.717, 1.165) is 50.1 Å². The van der Waals surface area contributed by atoms with Gasteiger partial charge >= 0.3 is 0 Å². The van der Waals surface area contributed by atoms with Crippen molar-refractivity contribution >= 4 is 39.0 Å². The summed E-state index contributed by atoms with van der Waals surface area (Å²) >= 11 is 0. The van der Waals surface area contributed by atoms with Crippen molar-refractivity contribution in [1.29, 1.82) is 0 Å². The third kappa shape index (κ3) is 6.04. The topological polar surface area (TPSA) is 16.4 Å². The summed E-state index contributed by atoms with van der Waals surface area (Å²) in [5.41, 5.74) is 21.8. The molecule has 11 aromatic rings. The van der Waals surface area contributed by atoms with Crippen LogP contribution in [-0.4, -0.2) is 0 Å². The van der Waals surface area contributed by atoms with E-state index in [9.17, 15) is 0 Å². The molecule has 12 rings (SSSR count). The number of para-hydroxylation sites is 2. The van der Waals surface area contributed by atoms with Crippen LogP contribution in [0.4, 0.5) is 17.1 Å². The highest BCUT2D eigenvalue weighted by molar-refractivity contribution is 6.10. The molecule has 1 aliphatic carbocycles. The van der Waals surface area contributed by atoms with Crippen molar-refractivity contribution in [2.75, 3.05) is 4.90 Å². The van der Waals surface area contributed by atoms with Crippen LogP contribution in [0.15, 0.2) is 241 Å². The molecule has 1 aromatic heterocycles. The molecule has 1 aliphatic rings. The minimum atomic E-state index is 0.903. The van der Waals surface area contributed by atoms with Crippen molar-refractivity contribution in [3.05, 3.63) is 237 Å². The first-order valence-electron chi connectivity index (χ1n) is 21.2. The van der Waals surface area contributed by atoms with Gasteiger partial charge in [0.2, 0.25) is 0 Å². The summed E-state index contributed by atoms with van der Waals surface area (Å²) in [6.45, 7) is 0. The molecule has 0 unspecified atom stereocenters. The fourth-order valence-electron chi connectivity index (χ4n) is 9.49.